The molecule has 0 heterocycles. The van der Waals surface area contributed by atoms with E-state index in [-0.39, 0.29) is 17.1 Å². The summed E-state index contributed by atoms with van der Waals surface area (Å²) in [4.78, 5) is 0. The summed E-state index contributed by atoms with van der Waals surface area (Å²) in [7, 11) is 1.45. The van der Waals surface area contributed by atoms with Gasteiger partial charge in [-0.1, -0.05) is 31.1 Å². The molecule has 0 saturated heterocycles. The van der Waals surface area contributed by atoms with E-state index in [0.717, 1.165) is 19.3 Å². The lowest BCUT2D eigenvalue weighted by molar-refractivity contribution is -0.0152. The molecule has 2 nitrogen and oxygen atoms in total. The Kier molecular flexibility index (Phi) is 4.50. The number of hydrogen-bond donors (Lipinski definition) is 1. The van der Waals surface area contributed by atoms with E-state index >= 15 is 0 Å². The summed E-state index contributed by atoms with van der Waals surface area (Å²) in [6.45, 7) is 6.48. The van der Waals surface area contributed by atoms with Crippen LogP contribution in [0.15, 0.2) is 29.3 Å². The minimum absolute atomic E-state index is 0.126. The second-order valence-corrected chi connectivity index (χ2v) is 8.26. The molecule has 0 aromatic heterocycles. The molecule has 0 spiro atoms. The molecule has 132 valence electrons. The smallest absolute Gasteiger partial charge is 0.165 e. The molecular weight excluding hydrogens is 303 g/mol. The van der Waals surface area contributed by atoms with Gasteiger partial charge in [0, 0.05) is 0 Å². The predicted molar refractivity (Wildman–Crippen MR) is 94.5 cm³/mol. The Morgan fingerprint density at radius 1 is 1.29 bits per heavy atom. The maximum Gasteiger partial charge on any atom is 0.165 e. The molecule has 0 bridgehead atoms. The Balaban J connectivity index is 1.88. The molecule has 0 saturated carbocycles. The van der Waals surface area contributed by atoms with Gasteiger partial charge in [-0.15, -0.1) is 0 Å². The fourth-order valence-electron chi connectivity index (χ4n) is 4.61. The first-order chi connectivity index (χ1) is 11.3. The molecule has 1 aromatic rings. The van der Waals surface area contributed by atoms with Crippen LogP contribution in [0.4, 0.5) is 4.39 Å². The Bertz CT molecular complexity index is 658. The molecule has 0 amide bonds. The molecule has 3 heteroatoms. The van der Waals surface area contributed by atoms with E-state index in [9.17, 15) is 9.50 Å². The quantitative estimate of drug-likeness (QED) is 0.756. The molecule has 2 aliphatic carbocycles. The number of benzene rings is 1. The first kappa shape index (κ1) is 17.5. The van der Waals surface area contributed by atoms with Gasteiger partial charge in [0.05, 0.1) is 12.7 Å². The third-order valence-electron chi connectivity index (χ3n) is 6.30. The van der Waals surface area contributed by atoms with Crippen molar-refractivity contribution in [2.24, 2.45) is 11.3 Å². The van der Waals surface area contributed by atoms with E-state index < -0.39 is 11.4 Å². The van der Waals surface area contributed by atoms with Gasteiger partial charge in [0.15, 0.2) is 11.6 Å². The summed E-state index contributed by atoms with van der Waals surface area (Å²) >= 11 is 0. The van der Waals surface area contributed by atoms with Gasteiger partial charge in [-0.25, -0.2) is 4.39 Å². The van der Waals surface area contributed by atoms with E-state index in [1.807, 2.05) is 6.92 Å². The van der Waals surface area contributed by atoms with Gasteiger partial charge in [0.1, 0.15) is 0 Å². The van der Waals surface area contributed by atoms with Crippen LogP contribution < -0.4 is 4.74 Å². The fourth-order valence-corrected chi connectivity index (χ4v) is 4.61. The van der Waals surface area contributed by atoms with Crippen molar-refractivity contribution < 1.29 is 14.2 Å². The zero-order chi connectivity index (χ0) is 17.5. The van der Waals surface area contributed by atoms with Crippen molar-refractivity contribution in [1.29, 1.82) is 0 Å². The molecule has 2 atom stereocenters. The number of ether oxygens (including phenoxy) is 1. The first-order valence-electron chi connectivity index (χ1n) is 9.03. The first-order valence-corrected chi connectivity index (χ1v) is 9.03. The van der Waals surface area contributed by atoms with Gasteiger partial charge in [-0.2, -0.15) is 0 Å². The highest BCUT2D eigenvalue weighted by molar-refractivity contribution is 5.34. The van der Waals surface area contributed by atoms with E-state index in [1.54, 1.807) is 23.3 Å². The van der Waals surface area contributed by atoms with Crippen LogP contribution >= 0.6 is 0 Å². The lowest BCUT2D eigenvalue weighted by Crippen LogP contribution is -2.37. The molecular formula is C21H29FO2. The highest BCUT2D eigenvalue weighted by Crippen LogP contribution is 2.51. The molecule has 2 unspecified atom stereocenters. The van der Waals surface area contributed by atoms with Crippen LogP contribution in [0.25, 0.3) is 0 Å². The molecule has 1 aromatic carbocycles. The van der Waals surface area contributed by atoms with Crippen LogP contribution in [0.1, 0.15) is 64.9 Å². The van der Waals surface area contributed by atoms with Crippen LogP contribution in [0.3, 0.4) is 0 Å². The van der Waals surface area contributed by atoms with Gasteiger partial charge in [-0.3, -0.25) is 0 Å². The Morgan fingerprint density at radius 3 is 2.71 bits per heavy atom. The van der Waals surface area contributed by atoms with Crippen molar-refractivity contribution in [3.8, 4) is 5.75 Å². The molecule has 3 rings (SSSR count). The van der Waals surface area contributed by atoms with E-state index in [2.05, 4.69) is 13.8 Å². The summed E-state index contributed by atoms with van der Waals surface area (Å²) in [5.41, 5.74) is 2.99. The van der Waals surface area contributed by atoms with E-state index in [0.29, 0.717) is 5.56 Å². The summed E-state index contributed by atoms with van der Waals surface area (Å²) in [5.74, 6) is -0.0676. The van der Waals surface area contributed by atoms with E-state index in [4.69, 9.17) is 4.74 Å². The number of rotatable bonds is 3. The zero-order valence-electron chi connectivity index (χ0n) is 15.3. The van der Waals surface area contributed by atoms with Gasteiger partial charge in [0.2, 0.25) is 0 Å². The van der Waals surface area contributed by atoms with Crippen molar-refractivity contribution in [2.75, 3.05) is 7.11 Å². The third-order valence-corrected chi connectivity index (χ3v) is 6.30. The van der Waals surface area contributed by atoms with Crippen molar-refractivity contribution >= 4 is 0 Å². The van der Waals surface area contributed by atoms with Gasteiger partial charge >= 0.3 is 0 Å². The lowest BCUT2D eigenvalue weighted by atomic mass is 9.62. The Labute approximate surface area is 144 Å². The zero-order valence-corrected chi connectivity index (χ0v) is 15.3. The number of halogens is 1. The number of hydrogen-bond acceptors (Lipinski definition) is 2. The van der Waals surface area contributed by atoms with Gasteiger partial charge in [0.25, 0.3) is 0 Å². The maximum atomic E-state index is 14.1. The summed E-state index contributed by atoms with van der Waals surface area (Å²) in [6.07, 6.45) is 6.66. The highest BCUT2D eigenvalue weighted by Gasteiger charge is 2.41. The minimum Gasteiger partial charge on any atom is -0.494 e. The number of aliphatic hydroxyl groups is 1. The Morgan fingerprint density at radius 2 is 2.04 bits per heavy atom. The SMILES string of the molecule is COc1ccc(C(C)(O)C2CCC3=C(C2)C(C)(C)CCC3)cc1F. The van der Waals surface area contributed by atoms with Crippen LogP contribution in [-0.4, -0.2) is 12.2 Å². The van der Waals surface area contributed by atoms with Crippen molar-refractivity contribution in [1.82, 2.24) is 0 Å². The molecule has 2 aliphatic rings. The normalized spacial score (nSPS) is 25.8. The number of allylic oxidation sites excluding steroid dienone is 2. The fraction of sp³-hybridized carbons (Fsp3) is 0.619. The van der Waals surface area contributed by atoms with Crippen LogP contribution in [0.2, 0.25) is 0 Å². The molecule has 0 aliphatic heterocycles. The van der Waals surface area contributed by atoms with Crippen LogP contribution in [0.5, 0.6) is 5.75 Å². The summed E-state index contributed by atoms with van der Waals surface area (Å²) in [5, 5.41) is 11.2. The van der Waals surface area contributed by atoms with E-state index in [1.165, 1.54) is 32.4 Å². The average Bonchev–Trinajstić information content (AvgIpc) is 2.54. The Hall–Kier alpha value is -1.35. The third kappa shape index (κ3) is 2.99. The summed E-state index contributed by atoms with van der Waals surface area (Å²) in [6, 6.07) is 4.82. The molecule has 1 N–H and O–H groups in total. The molecule has 0 radical (unpaired) electrons. The second kappa shape index (κ2) is 6.18. The average molecular weight is 332 g/mol. The monoisotopic (exact) mass is 332 g/mol. The molecule has 0 fully saturated rings. The van der Waals surface area contributed by atoms with Crippen LogP contribution in [-0.2, 0) is 5.60 Å². The van der Waals surface area contributed by atoms with Crippen molar-refractivity contribution in [3.63, 3.8) is 0 Å². The molecule has 24 heavy (non-hydrogen) atoms. The summed E-state index contributed by atoms with van der Waals surface area (Å²) < 4.78 is 19.1. The van der Waals surface area contributed by atoms with Gasteiger partial charge < -0.3 is 9.84 Å². The van der Waals surface area contributed by atoms with Crippen molar-refractivity contribution in [2.45, 2.75) is 64.9 Å². The van der Waals surface area contributed by atoms with Gasteiger partial charge in [-0.05, 0) is 74.5 Å². The van der Waals surface area contributed by atoms with Crippen LogP contribution in [0, 0.1) is 17.2 Å². The van der Waals surface area contributed by atoms with Crippen molar-refractivity contribution in [3.05, 3.63) is 40.7 Å². The lowest BCUT2D eigenvalue weighted by Gasteiger charge is -2.44. The standard InChI is InChI=1S/C21H29FO2/c1-20(2)11-5-6-14-7-8-15(12-17(14)20)21(3,23)16-9-10-19(24-4)18(22)13-16/h9-10,13,15,23H,5-8,11-12H2,1-4H3. The maximum absolute atomic E-state index is 14.1. The highest BCUT2D eigenvalue weighted by atomic mass is 19.1. The minimum atomic E-state index is -1.03. The predicted octanol–water partition coefficient (Wildman–Crippen LogP) is 5.35. The second-order valence-electron chi connectivity index (χ2n) is 8.26. The number of methoxy groups -OCH3 is 1. The topological polar surface area (TPSA) is 29.5 Å². The largest absolute Gasteiger partial charge is 0.494 e.